The van der Waals surface area contributed by atoms with E-state index in [2.05, 4.69) is 13.2 Å². The van der Waals surface area contributed by atoms with Crippen LogP contribution in [0.15, 0.2) is 24.8 Å². The molecule has 0 amide bonds. The second-order valence-electron chi connectivity index (χ2n) is 3.21. The van der Waals surface area contributed by atoms with Crippen LogP contribution in [0.25, 0.3) is 0 Å². The Hall–Kier alpha value is -0.113. The van der Waals surface area contributed by atoms with Crippen molar-refractivity contribution >= 4 is 15.7 Å². The van der Waals surface area contributed by atoms with Gasteiger partial charge in [0.2, 0.25) is 7.37 Å². The van der Waals surface area contributed by atoms with Crippen molar-refractivity contribution in [2.75, 3.05) is 0 Å². The SMILES string of the molecule is C=CP(=O)(C=C)O[Si](C)(C)C. The Morgan fingerprint density at radius 3 is 1.73 bits per heavy atom. The van der Waals surface area contributed by atoms with E-state index in [1.54, 1.807) is 0 Å². The summed E-state index contributed by atoms with van der Waals surface area (Å²) in [6.45, 7) is 12.8. The topological polar surface area (TPSA) is 26.3 Å². The Kier molecular flexibility index (Phi) is 3.49. The molecule has 64 valence electrons. The number of hydrogen-bond acceptors (Lipinski definition) is 2. The van der Waals surface area contributed by atoms with E-state index in [1.165, 1.54) is 11.6 Å². The van der Waals surface area contributed by atoms with Gasteiger partial charge in [-0.3, -0.25) is 4.57 Å². The molecule has 11 heavy (non-hydrogen) atoms. The highest BCUT2D eigenvalue weighted by Gasteiger charge is 2.24. The normalized spacial score (nSPS) is 12.6. The Balaban J connectivity index is 4.45. The van der Waals surface area contributed by atoms with Crippen LogP contribution in [0.2, 0.25) is 19.6 Å². The van der Waals surface area contributed by atoms with Gasteiger partial charge >= 0.3 is 0 Å². The first-order chi connectivity index (χ1) is 4.83. The lowest BCUT2D eigenvalue weighted by Crippen LogP contribution is -2.22. The van der Waals surface area contributed by atoms with E-state index in [0.29, 0.717) is 0 Å². The average Bonchev–Trinajstić information content (AvgIpc) is 1.84. The highest BCUT2D eigenvalue weighted by molar-refractivity contribution is 7.66. The van der Waals surface area contributed by atoms with Crippen molar-refractivity contribution in [1.29, 1.82) is 0 Å². The second kappa shape index (κ2) is 3.52. The summed E-state index contributed by atoms with van der Waals surface area (Å²) < 4.78 is 16.9. The van der Waals surface area contributed by atoms with E-state index >= 15 is 0 Å². The summed E-state index contributed by atoms with van der Waals surface area (Å²) in [6.07, 6.45) is 0. The molecule has 0 N–H and O–H groups in total. The Bertz CT molecular complexity index is 193. The molecule has 0 fully saturated rings. The molecule has 0 aliphatic rings. The van der Waals surface area contributed by atoms with Gasteiger partial charge in [0.05, 0.1) is 0 Å². The highest BCUT2D eigenvalue weighted by atomic mass is 31.2. The maximum Gasteiger partial charge on any atom is 0.236 e. The molecule has 0 aliphatic carbocycles. The minimum Gasteiger partial charge on any atom is -0.365 e. The fourth-order valence-corrected chi connectivity index (χ4v) is 4.75. The summed E-state index contributed by atoms with van der Waals surface area (Å²) in [7, 11) is -4.45. The van der Waals surface area contributed by atoms with Crippen LogP contribution in [0.4, 0.5) is 0 Å². The van der Waals surface area contributed by atoms with Crippen LogP contribution in [0.5, 0.6) is 0 Å². The van der Waals surface area contributed by atoms with Crippen LogP contribution >= 0.6 is 7.37 Å². The minimum atomic E-state index is -2.71. The lowest BCUT2D eigenvalue weighted by Gasteiger charge is -2.21. The fraction of sp³-hybridized carbons (Fsp3) is 0.429. The molecule has 0 saturated carbocycles. The second-order valence-corrected chi connectivity index (χ2v) is 10.2. The molecule has 0 heterocycles. The molecular formula is C7H15O2PSi. The first kappa shape index (κ1) is 10.9. The number of hydrogen-bond donors (Lipinski definition) is 0. The van der Waals surface area contributed by atoms with Crippen LogP contribution in [-0.4, -0.2) is 8.32 Å². The largest absolute Gasteiger partial charge is 0.365 e. The summed E-state index contributed by atoms with van der Waals surface area (Å²) in [5.74, 6) is 2.69. The van der Waals surface area contributed by atoms with Gasteiger partial charge in [0.15, 0.2) is 8.32 Å². The van der Waals surface area contributed by atoms with Gasteiger partial charge in [-0.2, -0.15) is 0 Å². The Morgan fingerprint density at radius 2 is 1.64 bits per heavy atom. The van der Waals surface area contributed by atoms with Crippen LogP contribution < -0.4 is 0 Å². The molecule has 0 atom stereocenters. The highest BCUT2D eigenvalue weighted by Crippen LogP contribution is 2.51. The monoisotopic (exact) mass is 190 g/mol. The first-order valence-corrected chi connectivity index (χ1v) is 8.57. The maximum atomic E-state index is 11.5. The molecule has 0 aromatic carbocycles. The van der Waals surface area contributed by atoms with Crippen LogP contribution in [-0.2, 0) is 8.78 Å². The van der Waals surface area contributed by atoms with E-state index in [-0.39, 0.29) is 0 Å². The van der Waals surface area contributed by atoms with Gasteiger partial charge in [-0.05, 0) is 31.3 Å². The molecule has 0 spiro atoms. The van der Waals surface area contributed by atoms with Crippen LogP contribution in [0.1, 0.15) is 0 Å². The molecule has 0 bridgehead atoms. The van der Waals surface area contributed by atoms with Gasteiger partial charge in [-0.1, -0.05) is 13.2 Å². The molecule has 0 aromatic rings. The van der Waals surface area contributed by atoms with Crippen LogP contribution in [0, 0.1) is 0 Å². The predicted octanol–water partition coefficient (Wildman–Crippen LogP) is 3.40. The van der Waals surface area contributed by atoms with Crippen molar-refractivity contribution in [1.82, 2.24) is 0 Å². The van der Waals surface area contributed by atoms with E-state index in [4.69, 9.17) is 4.21 Å². The standard InChI is InChI=1S/C7H15O2PSi/c1-6-10(8,7-2)9-11(3,4)5/h6-7H,1-2H2,3-5H3. The third kappa shape index (κ3) is 4.35. The quantitative estimate of drug-likeness (QED) is 0.501. The summed E-state index contributed by atoms with van der Waals surface area (Å²) >= 11 is 0. The van der Waals surface area contributed by atoms with Gasteiger partial charge < -0.3 is 4.21 Å². The summed E-state index contributed by atoms with van der Waals surface area (Å²) in [4.78, 5) is 0. The summed E-state index contributed by atoms with van der Waals surface area (Å²) in [6, 6.07) is 0. The third-order valence-corrected chi connectivity index (χ3v) is 5.28. The Labute approximate surface area is 69.5 Å². The van der Waals surface area contributed by atoms with Gasteiger partial charge in [0.1, 0.15) is 0 Å². The molecule has 0 rings (SSSR count). The van der Waals surface area contributed by atoms with Gasteiger partial charge in [-0.25, -0.2) is 0 Å². The molecule has 0 aromatic heterocycles. The molecule has 0 saturated heterocycles. The molecule has 0 unspecified atom stereocenters. The molecule has 0 aliphatic heterocycles. The van der Waals surface area contributed by atoms with Crippen LogP contribution in [0.3, 0.4) is 0 Å². The van der Waals surface area contributed by atoms with E-state index in [9.17, 15) is 4.57 Å². The van der Waals surface area contributed by atoms with E-state index in [1.807, 2.05) is 19.6 Å². The first-order valence-electron chi connectivity index (χ1n) is 3.40. The van der Waals surface area contributed by atoms with Gasteiger partial charge in [-0.15, -0.1) is 0 Å². The zero-order chi connectivity index (χ0) is 9.12. The van der Waals surface area contributed by atoms with Crippen molar-refractivity contribution in [3.8, 4) is 0 Å². The average molecular weight is 190 g/mol. The van der Waals surface area contributed by atoms with Crippen molar-refractivity contribution in [2.45, 2.75) is 19.6 Å². The van der Waals surface area contributed by atoms with Crippen molar-refractivity contribution in [2.24, 2.45) is 0 Å². The van der Waals surface area contributed by atoms with E-state index in [0.717, 1.165) is 0 Å². The molecule has 0 radical (unpaired) electrons. The summed E-state index contributed by atoms with van der Waals surface area (Å²) in [5.41, 5.74) is 0. The Morgan fingerprint density at radius 1 is 1.27 bits per heavy atom. The van der Waals surface area contributed by atoms with E-state index < -0.39 is 15.7 Å². The smallest absolute Gasteiger partial charge is 0.236 e. The van der Waals surface area contributed by atoms with Crippen molar-refractivity contribution in [3.05, 3.63) is 24.8 Å². The van der Waals surface area contributed by atoms with Crippen molar-refractivity contribution in [3.63, 3.8) is 0 Å². The van der Waals surface area contributed by atoms with Crippen molar-refractivity contribution < 1.29 is 8.78 Å². The molecular weight excluding hydrogens is 175 g/mol. The predicted molar refractivity (Wildman–Crippen MR) is 52.4 cm³/mol. The number of rotatable bonds is 4. The lowest BCUT2D eigenvalue weighted by atomic mass is 11.3. The summed E-state index contributed by atoms with van der Waals surface area (Å²) in [5, 5.41) is 0. The zero-order valence-corrected chi connectivity index (χ0v) is 9.23. The minimum absolute atomic E-state index is 1.35. The zero-order valence-electron chi connectivity index (χ0n) is 7.33. The van der Waals surface area contributed by atoms with Gasteiger partial charge in [0, 0.05) is 0 Å². The molecule has 4 heteroatoms. The molecule has 2 nitrogen and oxygen atoms in total. The lowest BCUT2D eigenvalue weighted by molar-refractivity contribution is 0.501. The van der Waals surface area contributed by atoms with Gasteiger partial charge in [0.25, 0.3) is 0 Å². The fourth-order valence-electron chi connectivity index (χ4n) is 0.577. The maximum absolute atomic E-state index is 11.5. The third-order valence-electron chi connectivity index (χ3n) is 0.925.